The molecule has 6 fully saturated rings. The van der Waals surface area contributed by atoms with Crippen LogP contribution in [0.1, 0.15) is 297 Å². The third-order valence-corrected chi connectivity index (χ3v) is 30.9. The molecule has 1 aliphatic heterocycles. The van der Waals surface area contributed by atoms with Crippen LogP contribution in [-0.2, 0) is 62.0 Å². The van der Waals surface area contributed by atoms with Crippen LogP contribution in [0.15, 0.2) is 57.2 Å². The fourth-order valence-corrected chi connectivity index (χ4v) is 21.5. The predicted octanol–water partition coefficient (Wildman–Crippen LogP) is 18.2. The summed E-state index contributed by atoms with van der Waals surface area (Å²) in [4.78, 5) is 73.4. The van der Waals surface area contributed by atoms with Gasteiger partial charge in [-0.15, -0.1) is 0 Å². The Labute approximate surface area is 688 Å². The number of carbonyl (C=O) groups excluding carboxylic acids is 6. The van der Waals surface area contributed by atoms with Gasteiger partial charge in [0.25, 0.3) is 0 Å². The van der Waals surface area contributed by atoms with E-state index in [2.05, 4.69) is 36.8 Å². The third-order valence-electron chi connectivity index (χ3n) is 23.1. The van der Waals surface area contributed by atoms with Crippen molar-refractivity contribution < 1.29 is 109 Å². The van der Waals surface area contributed by atoms with Crippen LogP contribution in [0.3, 0.4) is 0 Å². The van der Waals surface area contributed by atoms with Gasteiger partial charge in [-0.1, -0.05) is 95.3 Å². The fraction of sp³-hybridized carbons (Fsp3) is 0.800. The summed E-state index contributed by atoms with van der Waals surface area (Å²) in [5.41, 5.74) is -5.45. The van der Waals surface area contributed by atoms with E-state index in [-0.39, 0.29) is 138 Å². The summed E-state index contributed by atoms with van der Waals surface area (Å²) in [6.45, 7) is 9.86. The van der Waals surface area contributed by atoms with Gasteiger partial charge < -0.3 is 52.4 Å². The van der Waals surface area contributed by atoms with E-state index in [1.54, 1.807) is 30.4 Å². The molecule has 26 heteroatoms. The van der Waals surface area contributed by atoms with Crippen molar-refractivity contribution in [1.29, 1.82) is 0 Å². The number of aliphatic hydroxyl groups excluding tert-OH is 1. The quantitative estimate of drug-likeness (QED) is 0.0191. The first kappa shape index (κ1) is 104. The number of Topliss-reactive ketones (excluding diaryl/α,β-unsaturated/α-hetero) is 1. The number of ketones is 1. The molecule has 2 N–H and O–H groups in total. The van der Waals surface area contributed by atoms with Gasteiger partial charge in [0.15, 0.2) is 0 Å². The summed E-state index contributed by atoms with van der Waals surface area (Å²) >= 11 is -1.84. The van der Waals surface area contributed by atoms with Crippen molar-refractivity contribution in [3.63, 3.8) is 0 Å². The topological polar surface area (TPSA) is 215 Å². The normalized spacial score (nSPS) is 25.9. The van der Waals surface area contributed by atoms with E-state index in [9.17, 15) is 73.0 Å². The summed E-state index contributed by atoms with van der Waals surface area (Å²) in [6, 6.07) is 0.758. The molecule has 0 aromatic carbocycles. The zero-order valence-electron chi connectivity index (χ0n) is 68.2. The molecule has 0 aromatic rings. The molecule has 0 spiro atoms. The van der Waals surface area contributed by atoms with Gasteiger partial charge in [0.05, 0.1) is 61.2 Å². The second-order valence-electron chi connectivity index (χ2n) is 32.3. The van der Waals surface area contributed by atoms with E-state index < -0.39 is 52.1 Å². The second kappa shape index (κ2) is 57.9. The van der Waals surface area contributed by atoms with Crippen LogP contribution in [-0.4, -0.2) is 148 Å². The van der Waals surface area contributed by atoms with Gasteiger partial charge in [-0.2, -0.15) is 34.4 Å². The first-order chi connectivity index (χ1) is 52.0. The van der Waals surface area contributed by atoms with Crippen LogP contribution in [0.5, 0.6) is 0 Å². The van der Waals surface area contributed by atoms with Crippen LogP contribution in [0.2, 0.25) is 14.8 Å². The minimum Gasteiger partial charge on any atom is -1.00 e. The number of alkyl halides is 4. The maximum absolute atomic E-state index is 13.5. The minimum absolute atomic E-state index is 0. The summed E-state index contributed by atoms with van der Waals surface area (Å²) in [5, 5.41) is 14.0. The number of nitrogens with one attached hydrogen (secondary N) is 1. The number of hydrogen-bond donors (Lipinski definition) is 2. The van der Waals surface area contributed by atoms with Gasteiger partial charge in [-0.3, -0.25) is 19.2 Å². The molecule has 10 aliphatic carbocycles. The second-order valence-corrected chi connectivity index (χ2v) is 48.5. The van der Waals surface area contributed by atoms with Gasteiger partial charge in [0.2, 0.25) is 0 Å². The Hall–Kier alpha value is -3.05. The van der Waals surface area contributed by atoms with Crippen molar-refractivity contribution in [1.82, 2.24) is 5.32 Å². The Morgan fingerprint density at radius 1 is 0.532 bits per heavy atom. The number of esters is 4. The molecule has 0 bridgehead atoms. The van der Waals surface area contributed by atoms with E-state index in [0.717, 1.165) is 87.9 Å². The average Bonchev–Trinajstić information content (AvgIpc) is 0.831. The zero-order chi connectivity index (χ0) is 80.2. The minimum atomic E-state index is -5.63. The van der Waals surface area contributed by atoms with Gasteiger partial charge >= 0.3 is 154 Å². The molecule has 11 aliphatic rings. The van der Waals surface area contributed by atoms with Gasteiger partial charge in [0.1, 0.15) is 24.0 Å². The van der Waals surface area contributed by atoms with Crippen LogP contribution in [0.4, 0.5) is 30.7 Å². The molecular weight excluding hydrogens is 1600 g/mol. The number of halogens is 8. The number of carbonyl (C=O) groups is 6. The summed E-state index contributed by atoms with van der Waals surface area (Å²) in [5.74, 6) is 2.09. The largest absolute Gasteiger partial charge is 2.00 e. The molecule has 1 heterocycles. The molecule has 11 rings (SSSR count). The third kappa shape index (κ3) is 42.3. The summed E-state index contributed by atoms with van der Waals surface area (Å²) < 4.78 is 134. The maximum Gasteiger partial charge on any atom is 2.00 e. The first-order valence-corrected chi connectivity index (χ1v) is 53.4. The Morgan fingerprint density at radius 2 is 0.964 bits per heavy atom. The zero-order valence-corrected chi connectivity index (χ0v) is 74.0. The molecule has 8 unspecified atom stereocenters. The average molecular weight is 1740 g/mol. The first-order valence-electron chi connectivity index (χ1n) is 42.0. The smallest absolute Gasteiger partial charge is 1.00 e. The number of rotatable bonds is 18. The number of aliphatic hydroxyl groups is 1. The Balaban J connectivity index is 0.000000438. The molecule has 0 radical (unpaired) electrons. The number of hydrogen-bond acceptors (Lipinski definition) is 15. The standard InChI is InChI=1S/C19H34FN.C13H21FO.C10H13F3O5S.C9H13FO2.C9H14O3.C9H13O2.C7H9FO.C6H11.3CH3.ClH.Mg.Sn/c20-17-11-9-16(10-12-17)19(15-6-2-1-3-7-15)14-18-8-4-5-13-21-18;14-12-8-6-11(7-9-12)13(15)10-4-2-1-3-5-10;1-2-17-9(14)7-3-5-8(6-4-7)18-19(15,16)10(11,12)13;2*1-2-12-9(11)7-3-5-8(10)6-4-7;1-2-11-9(10)8-6-4-3-5-7-8;8-7-3-1-6(5-9)2-4-7;1-2-4-6-5-3-1;;;;;;/h15-19,21H,1-14H2;8,10-11,13,15H,1-7,9H2;5,7H,2-4,6H2,1H3;5,7H,2-4,6H2,1H3;7H,2-6H2,1H3;4,8H,2,5-7H2,1H3;3,5-6H,1-2,4H2;1H,2-6H2;3*1H3;1H;;/q;;;;;;;-1;;;;;+2;/p-1. The number of ether oxygens (including phenoxy) is 4. The van der Waals surface area contributed by atoms with E-state index in [0.29, 0.717) is 102 Å². The molecule has 634 valence electrons. The van der Waals surface area contributed by atoms with Gasteiger partial charge in [-0.25, -0.2) is 17.6 Å². The molecule has 8 atom stereocenters. The van der Waals surface area contributed by atoms with E-state index in [1.807, 2.05) is 6.92 Å². The van der Waals surface area contributed by atoms with Gasteiger partial charge in [0, 0.05) is 31.2 Å². The van der Waals surface area contributed by atoms with Gasteiger partial charge in [-0.05, 0) is 204 Å². The number of allylic oxidation sites excluding steroid dienone is 10. The van der Waals surface area contributed by atoms with Crippen LogP contribution >= 0.6 is 0 Å². The van der Waals surface area contributed by atoms with E-state index in [4.69, 9.17) is 18.9 Å². The predicted molar refractivity (Wildman–Crippen MR) is 422 cm³/mol. The fourth-order valence-electron chi connectivity index (χ4n) is 16.4. The Kier molecular flexibility index (Phi) is 54.3. The summed E-state index contributed by atoms with van der Waals surface area (Å²) in [6.07, 6.45) is 51.8. The molecule has 1 saturated heterocycles. The molecule has 15 nitrogen and oxygen atoms in total. The maximum atomic E-state index is 13.5. The number of aldehydes is 1. The monoisotopic (exact) mass is 1740 g/mol. The van der Waals surface area contributed by atoms with Crippen LogP contribution < -0.4 is 17.7 Å². The van der Waals surface area contributed by atoms with Crippen molar-refractivity contribution in [3.8, 4) is 0 Å². The summed E-state index contributed by atoms with van der Waals surface area (Å²) in [7, 11) is -5.63. The molecule has 0 amide bonds. The van der Waals surface area contributed by atoms with Crippen molar-refractivity contribution in [3.05, 3.63) is 63.6 Å². The van der Waals surface area contributed by atoms with Crippen LogP contribution in [0, 0.1) is 65.6 Å². The molecular formula is C85H137ClF7MgNO14SSn. The Morgan fingerprint density at radius 3 is 1.35 bits per heavy atom. The molecule has 0 aromatic heterocycles. The van der Waals surface area contributed by atoms with E-state index in [1.165, 1.54) is 147 Å². The SMILES string of the molecule is CCOC(=O)C1CC=C(F)CC1.CCOC(=O)C1CC=C(OS(=O)(=O)C(F)(F)F)CC1.CCOC(=O)C1CC=[C]([Sn]([CH3])([CH3])[CH3])CC1.CCOC(=O)C1CCC(=O)CC1.FC1CCC(C(CC2CCCCN2)C2CCCCC2)CC1.O=CC1CC=C(F)CC1.OC(C1CC=C(F)CC1)C1CCCCC1.[CH-]1CCCCC1.[Cl-].[Mg+2]. The van der Waals surface area contributed by atoms with E-state index >= 15 is 0 Å². The number of piperidine rings is 1. The van der Waals surface area contributed by atoms with Crippen molar-refractivity contribution in [2.45, 2.75) is 336 Å². The van der Waals surface area contributed by atoms with Crippen molar-refractivity contribution in [2.24, 2.45) is 59.2 Å². The van der Waals surface area contributed by atoms with Crippen LogP contribution in [0.25, 0.3) is 0 Å². The molecule has 111 heavy (non-hydrogen) atoms. The van der Waals surface area contributed by atoms with Crippen molar-refractivity contribution in [2.75, 3.05) is 33.0 Å². The Bertz CT molecular complexity index is 2920. The molecule has 5 saturated carbocycles. The van der Waals surface area contributed by atoms with Crippen molar-refractivity contribution >= 4 is 87.5 Å².